The van der Waals surface area contributed by atoms with Crippen molar-refractivity contribution in [2.24, 2.45) is 0 Å². The Bertz CT molecular complexity index is 252. The number of rotatable bonds is 1. The van der Waals surface area contributed by atoms with Crippen molar-refractivity contribution in [1.82, 2.24) is 5.32 Å². The van der Waals surface area contributed by atoms with Crippen LogP contribution in [0.25, 0.3) is 0 Å². The van der Waals surface area contributed by atoms with Crippen molar-refractivity contribution < 1.29 is 14.1 Å². The van der Waals surface area contributed by atoms with E-state index in [0.29, 0.717) is 5.75 Å². The van der Waals surface area contributed by atoms with Gasteiger partial charge in [-0.3, -0.25) is 14.3 Å². The summed E-state index contributed by atoms with van der Waals surface area (Å²) in [6, 6.07) is -0.702. The molecule has 3 atom stereocenters. The standard InChI is InChI=1S/C8H15NO3S/c1-5-4-13(12)8(2,3)6(9-5)7(10)11/h5-6,9H,4H2,1-3H3,(H,10,11)/t5-,6+,13?/m1/s1. The second-order valence-electron chi connectivity index (χ2n) is 3.95. The molecule has 1 fully saturated rings. The van der Waals surface area contributed by atoms with Crippen molar-refractivity contribution in [3.63, 3.8) is 0 Å². The Morgan fingerprint density at radius 2 is 2.15 bits per heavy atom. The molecule has 0 amide bonds. The summed E-state index contributed by atoms with van der Waals surface area (Å²) in [5.74, 6) is -0.401. The summed E-state index contributed by atoms with van der Waals surface area (Å²) in [5, 5.41) is 11.9. The summed E-state index contributed by atoms with van der Waals surface area (Å²) in [6.07, 6.45) is 0. The molecule has 0 aromatic carbocycles. The monoisotopic (exact) mass is 205 g/mol. The van der Waals surface area contributed by atoms with Gasteiger partial charge in [0.1, 0.15) is 6.04 Å². The molecular formula is C8H15NO3S. The highest BCUT2D eigenvalue weighted by Crippen LogP contribution is 2.23. The highest BCUT2D eigenvalue weighted by atomic mass is 32.2. The van der Waals surface area contributed by atoms with Crippen LogP contribution in [0.4, 0.5) is 0 Å². The average Bonchev–Trinajstić information content (AvgIpc) is 1.96. The van der Waals surface area contributed by atoms with E-state index in [2.05, 4.69) is 5.32 Å². The van der Waals surface area contributed by atoms with Crippen LogP contribution in [0.2, 0.25) is 0 Å². The minimum atomic E-state index is -1.07. The summed E-state index contributed by atoms with van der Waals surface area (Å²) in [4.78, 5) is 10.9. The van der Waals surface area contributed by atoms with Crippen molar-refractivity contribution in [2.75, 3.05) is 5.75 Å². The fourth-order valence-corrected chi connectivity index (χ4v) is 2.89. The first kappa shape index (κ1) is 10.7. The van der Waals surface area contributed by atoms with Crippen LogP contribution in [0.15, 0.2) is 0 Å². The van der Waals surface area contributed by atoms with Gasteiger partial charge in [-0.25, -0.2) is 0 Å². The van der Waals surface area contributed by atoms with E-state index < -0.39 is 27.6 Å². The predicted molar refractivity (Wildman–Crippen MR) is 51.1 cm³/mol. The molecular weight excluding hydrogens is 190 g/mol. The van der Waals surface area contributed by atoms with Gasteiger partial charge in [0.2, 0.25) is 0 Å². The number of carboxylic acids is 1. The van der Waals surface area contributed by atoms with Crippen molar-refractivity contribution in [3.8, 4) is 0 Å². The molecule has 1 saturated heterocycles. The quantitative estimate of drug-likeness (QED) is 0.630. The highest BCUT2D eigenvalue weighted by Gasteiger charge is 2.44. The first-order valence-corrected chi connectivity index (χ1v) is 5.55. The average molecular weight is 205 g/mol. The molecule has 1 rings (SSSR count). The van der Waals surface area contributed by atoms with E-state index in [-0.39, 0.29) is 6.04 Å². The second kappa shape index (κ2) is 3.38. The lowest BCUT2D eigenvalue weighted by Gasteiger charge is -2.38. The molecule has 0 aromatic rings. The third kappa shape index (κ3) is 1.91. The zero-order chi connectivity index (χ0) is 10.2. The molecule has 0 saturated carbocycles. The van der Waals surface area contributed by atoms with Gasteiger partial charge in [-0.1, -0.05) is 0 Å². The maximum absolute atomic E-state index is 11.6. The molecule has 0 aromatic heterocycles. The Morgan fingerprint density at radius 3 is 2.62 bits per heavy atom. The van der Waals surface area contributed by atoms with Gasteiger partial charge >= 0.3 is 5.97 Å². The largest absolute Gasteiger partial charge is 0.480 e. The molecule has 0 aliphatic carbocycles. The summed E-state index contributed by atoms with van der Waals surface area (Å²) in [6.45, 7) is 5.30. The zero-order valence-corrected chi connectivity index (χ0v) is 8.85. The van der Waals surface area contributed by atoms with Crippen LogP contribution in [0.1, 0.15) is 20.8 Å². The van der Waals surface area contributed by atoms with E-state index >= 15 is 0 Å². The van der Waals surface area contributed by atoms with Gasteiger partial charge in [0.25, 0.3) is 0 Å². The second-order valence-corrected chi connectivity index (χ2v) is 6.03. The minimum absolute atomic E-state index is 0.00922. The molecule has 0 radical (unpaired) electrons. The molecule has 0 bridgehead atoms. The Hall–Kier alpha value is -0.420. The molecule has 1 unspecified atom stereocenters. The number of aliphatic carboxylic acids is 1. The Kier molecular flexibility index (Phi) is 2.77. The Morgan fingerprint density at radius 1 is 1.62 bits per heavy atom. The van der Waals surface area contributed by atoms with Crippen LogP contribution in [0.3, 0.4) is 0 Å². The molecule has 1 aliphatic rings. The molecule has 1 aliphatic heterocycles. The van der Waals surface area contributed by atoms with Crippen LogP contribution in [0.5, 0.6) is 0 Å². The summed E-state index contributed by atoms with van der Waals surface area (Å²) < 4.78 is 11.0. The molecule has 4 nitrogen and oxygen atoms in total. The zero-order valence-electron chi connectivity index (χ0n) is 8.03. The minimum Gasteiger partial charge on any atom is -0.480 e. The molecule has 0 spiro atoms. The van der Waals surface area contributed by atoms with Gasteiger partial charge in [-0.15, -0.1) is 0 Å². The predicted octanol–water partition coefficient (Wildman–Crippen LogP) is -0.0414. The first-order valence-electron chi connectivity index (χ1n) is 4.23. The molecule has 1 heterocycles. The fourth-order valence-electron chi connectivity index (χ4n) is 1.48. The van der Waals surface area contributed by atoms with Gasteiger partial charge < -0.3 is 5.11 Å². The molecule has 13 heavy (non-hydrogen) atoms. The lowest BCUT2D eigenvalue weighted by atomic mass is 10.0. The van der Waals surface area contributed by atoms with Gasteiger partial charge in [0, 0.05) is 22.6 Å². The number of carbonyl (C=O) groups is 1. The maximum atomic E-state index is 11.6. The Balaban J connectivity index is 2.92. The molecule has 2 N–H and O–H groups in total. The van der Waals surface area contributed by atoms with E-state index in [9.17, 15) is 9.00 Å². The van der Waals surface area contributed by atoms with Crippen LogP contribution >= 0.6 is 0 Å². The SMILES string of the molecule is C[C@@H]1CS(=O)C(C)(C)[C@H](C(=O)O)N1. The van der Waals surface area contributed by atoms with Crippen LogP contribution < -0.4 is 5.32 Å². The summed E-state index contributed by atoms with van der Waals surface area (Å²) >= 11 is 0. The number of nitrogens with one attached hydrogen (secondary N) is 1. The number of hydrogen-bond acceptors (Lipinski definition) is 3. The topological polar surface area (TPSA) is 66.4 Å². The number of hydrogen-bond donors (Lipinski definition) is 2. The lowest BCUT2D eigenvalue weighted by Crippen LogP contribution is -2.62. The van der Waals surface area contributed by atoms with Gasteiger partial charge in [0.05, 0.1) is 4.75 Å². The van der Waals surface area contributed by atoms with Crippen LogP contribution in [-0.2, 0) is 15.6 Å². The van der Waals surface area contributed by atoms with Crippen molar-refractivity contribution >= 4 is 16.8 Å². The lowest BCUT2D eigenvalue weighted by molar-refractivity contribution is -0.140. The third-order valence-corrected chi connectivity index (χ3v) is 4.59. The van der Waals surface area contributed by atoms with Gasteiger partial charge in [-0.2, -0.15) is 0 Å². The van der Waals surface area contributed by atoms with Gasteiger partial charge in [-0.05, 0) is 20.8 Å². The molecule has 76 valence electrons. The Labute approximate surface area is 80.2 Å². The van der Waals surface area contributed by atoms with Crippen molar-refractivity contribution in [3.05, 3.63) is 0 Å². The third-order valence-electron chi connectivity index (χ3n) is 2.38. The number of carboxylic acid groups (broad SMARTS) is 1. The summed E-state index contributed by atoms with van der Waals surface area (Å²) in [7, 11) is -1.07. The van der Waals surface area contributed by atoms with E-state index in [0.717, 1.165) is 0 Å². The smallest absolute Gasteiger partial charge is 0.322 e. The van der Waals surface area contributed by atoms with Crippen LogP contribution in [-0.4, -0.2) is 37.9 Å². The summed E-state index contributed by atoms with van der Waals surface area (Å²) in [5.41, 5.74) is 0. The fraction of sp³-hybridized carbons (Fsp3) is 0.875. The van der Waals surface area contributed by atoms with Gasteiger partial charge in [0.15, 0.2) is 0 Å². The van der Waals surface area contributed by atoms with Crippen LogP contribution in [0, 0.1) is 0 Å². The normalized spacial score (nSPS) is 38.5. The van der Waals surface area contributed by atoms with E-state index in [1.165, 1.54) is 0 Å². The van der Waals surface area contributed by atoms with E-state index in [4.69, 9.17) is 5.11 Å². The van der Waals surface area contributed by atoms with E-state index in [1.54, 1.807) is 13.8 Å². The van der Waals surface area contributed by atoms with Crippen molar-refractivity contribution in [1.29, 1.82) is 0 Å². The highest BCUT2D eigenvalue weighted by molar-refractivity contribution is 7.86. The molecule has 5 heteroatoms. The van der Waals surface area contributed by atoms with Crippen molar-refractivity contribution in [2.45, 2.75) is 37.6 Å². The first-order chi connectivity index (χ1) is 5.85. The maximum Gasteiger partial charge on any atom is 0.322 e. The van der Waals surface area contributed by atoms with E-state index in [1.807, 2.05) is 6.92 Å².